The molecule has 21 heavy (non-hydrogen) atoms. The van der Waals surface area contributed by atoms with E-state index in [2.05, 4.69) is 41.8 Å². The van der Waals surface area contributed by atoms with Crippen molar-refractivity contribution in [3.63, 3.8) is 0 Å². The minimum Gasteiger partial charge on any atom is -0.384 e. The minimum absolute atomic E-state index is 0.623. The van der Waals surface area contributed by atoms with Crippen LogP contribution in [0.25, 0.3) is 0 Å². The van der Waals surface area contributed by atoms with E-state index >= 15 is 0 Å². The number of anilines is 1. The molecule has 2 aromatic rings. The van der Waals surface area contributed by atoms with Crippen LogP contribution in [0.3, 0.4) is 0 Å². The van der Waals surface area contributed by atoms with Crippen molar-refractivity contribution in [3.8, 4) is 0 Å². The van der Waals surface area contributed by atoms with Crippen LogP contribution in [0.2, 0.25) is 0 Å². The number of aromatic nitrogens is 2. The Morgan fingerprint density at radius 3 is 2.52 bits per heavy atom. The van der Waals surface area contributed by atoms with Gasteiger partial charge in [0.15, 0.2) is 0 Å². The lowest BCUT2D eigenvalue weighted by Gasteiger charge is -2.11. The van der Waals surface area contributed by atoms with E-state index in [-0.39, 0.29) is 0 Å². The number of nitrogens with two attached hydrogens (primary N) is 1. The first-order valence-electron chi connectivity index (χ1n) is 8.18. The summed E-state index contributed by atoms with van der Waals surface area (Å²) in [6.07, 6.45) is 7.16. The number of imidazole rings is 1. The maximum absolute atomic E-state index is 6.35. The molecular formula is C18H25N3. The van der Waals surface area contributed by atoms with Crippen molar-refractivity contribution in [1.82, 2.24) is 9.55 Å². The van der Waals surface area contributed by atoms with Crippen LogP contribution in [0.15, 0.2) is 30.3 Å². The Kier molecular flexibility index (Phi) is 4.28. The summed E-state index contributed by atoms with van der Waals surface area (Å²) in [7, 11) is 0. The van der Waals surface area contributed by atoms with Crippen LogP contribution >= 0.6 is 0 Å². The third-order valence-electron chi connectivity index (χ3n) is 4.64. The first-order chi connectivity index (χ1) is 10.3. The fraction of sp³-hybridized carbons (Fsp3) is 0.500. The maximum atomic E-state index is 6.35. The smallest absolute Gasteiger partial charge is 0.126 e. The highest BCUT2D eigenvalue weighted by Gasteiger charge is 2.24. The molecule has 2 N–H and O–H groups in total. The molecule has 0 saturated heterocycles. The molecule has 112 valence electrons. The molecule has 1 aliphatic carbocycles. The van der Waals surface area contributed by atoms with Crippen molar-refractivity contribution in [2.24, 2.45) is 0 Å². The highest BCUT2D eigenvalue weighted by Crippen LogP contribution is 2.35. The molecule has 3 nitrogen and oxygen atoms in total. The Morgan fingerprint density at radius 1 is 1.14 bits per heavy atom. The lowest BCUT2D eigenvalue weighted by Crippen LogP contribution is -2.08. The molecule has 0 amide bonds. The second-order valence-corrected chi connectivity index (χ2v) is 6.01. The molecule has 0 unspecified atom stereocenters. The molecule has 3 heteroatoms. The molecule has 1 fully saturated rings. The van der Waals surface area contributed by atoms with Crippen LogP contribution in [-0.4, -0.2) is 9.55 Å². The molecule has 1 saturated carbocycles. The van der Waals surface area contributed by atoms with Crippen LogP contribution in [0, 0.1) is 0 Å². The number of hydrogen-bond donors (Lipinski definition) is 1. The Labute approximate surface area is 127 Å². The first-order valence-corrected chi connectivity index (χ1v) is 8.18. The second-order valence-electron chi connectivity index (χ2n) is 6.01. The van der Waals surface area contributed by atoms with Crippen molar-refractivity contribution < 1.29 is 0 Å². The van der Waals surface area contributed by atoms with Crippen LogP contribution in [-0.2, 0) is 19.4 Å². The molecule has 0 aliphatic heterocycles. The Morgan fingerprint density at radius 2 is 1.86 bits per heavy atom. The number of rotatable bonds is 5. The monoisotopic (exact) mass is 283 g/mol. The summed E-state index contributed by atoms with van der Waals surface area (Å²) >= 11 is 0. The van der Waals surface area contributed by atoms with Crippen molar-refractivity contribution in [3.05, 3.63) is 47.4 Å². The average Bonchev–Trinajstić information content (AvgIpc) is 3.14. The second kappa shape index (κ2) is 6.33. The number of benzene rings is 1. The summed E-state index contributed by atoms with van der Waals surface area (Å²) < 4.78 is 2.23. The third-order valence-corrected chi connectivity index (χ3v) is 4.64. The fourth-order valence-electron chi connectivity index (χ4n) is 3.45. The van der Waals surface area contributed by atoms with Gasteiger partial charge in [-0.1, -0.05) is 43.2 Å². The summed E-state index contributed by atoms with van der Waals surface area (Å²) in [6.45, 7) is 3.09. The highest BCUT2D eigenvalue weighted by molar-refractivity contribution is 5.40. The van der Waals surface area contributed by atoms with Crippen molar-refractivity contribution >= 4 is 5.82 Å². The van der Waals surface area contributed by atoms with E-state index in [1.54, 1.807) is 0 Å². The van der Waals surface area contributed by atoms with Crippen molar-refractivity contribution in [2.75, 3.05) is 5.73 Å². The van der Waals surface area contributed by atoms with E-state index < -0.39 is 0 Å². The molecule has 0 radical (unpaired) electrons. The number of nitrogens with zero attached hydrogens (tertiary/aromatic N) is 2. The zero-order valence-electron chi connectivity index (χ0n) is 12.9. The Balaban J connectivity index is 1.78. The number of aryl methyl sites for hydroxylation is 2. The van der Waals surface area contributed by atoms with E-state index in [1.165, 1.54) is 37.1 Å². The SMILES string of the molecule is CCn1c(C2CCCC2)nc(CCc2ccccc2)c1N. The van der Waals surface area contributed by atoms with Crippen LogP contribution in [0.4, 0.5) is 5.82 Å². The van der Waals surface area contributed by atoms with Crippen LogP contribution in [0.5, 0.6) is 0 Å². The molecule has 1 aliphatic rings. The van der Waals surface area contributed by atoms with Gasteiger partial charge < -0.3 is 10.3 Å². The highest BCUT2D eigenvalue weighted by atomic mass is 15.1. The first kappa shape index (κ1) is 14.2. The molecule has 0 spiro atoms. The van der Waals surface area contributed by atoms with Crippen LogP contribution in [0.1, 0.15) is 55.6 Å². The predicted molar refractivity (Wildman–Crippen MR) is 87.4 cm³/mol. The average molecular weight is 283 g/mol. The predicted octanol–water partition coefficient (Wildman–Crippen LogP) is 3.93. The summed E-state index contributed by atoms with van der Waals surface area (Å²) in [5.41, 5.74) is 8.78. The molecule has 1 aromatic heterocycles. The van der Waals surface area contributed by atoms with E-state index in [1.807, 2.05) is 0 Å². The van der Waals surface area contributed by atoms with Gasteiger partial charge in [-0.15, -0.1) is 0 Å². The molecule has 0 atom stereocenters. The van der Waals surface area contributed by atoms with Gasteiger partial charge in [-0.05, 0) is 38.2 Å². The van der Waals surface area contributed by atoms with Gasteiger partial charge in [0.1, 0.15) is 11.6 Å². The topological polar surface area (TPSA) is 43.8 Å². The van der Waals surface area contributed by atoms with Gasteiger partial charge in [0.25, 0.3) is 0 Å². The van der Waals surface area contributed by atoms with E-state index in [0.29, 0.717) is 5.92 Å². The molecule has 1 heterocycles. The van der Waals surface area contributed by atoms with E-state index in [0.717, 1.165) is 30.9 Å². The van der Waals surface area contributed by atoms with Gasteiger partial charge in [0, 0.05) is 12.5 Å². The van der Waals surface area contributed by atoms with Gasteiger partial charge in [0.05, 0.1) is 5.69 Å². The Hall–Kier alpha value is -1.77. The molecule has 3 rings (SSSR count). The van der Waals surface area contributed by atoms with E-state index in [4.69, 9.17) is 10.7 Å². The summed E-state index contributed by atoms with van der Waals surface area (Å²) in [5.74, 6) is 2.74. The number of nitrogen functional groups attached to an aromatic ring is 1. The summed E-state index contributed by atoms with van der Waals surface area (Å²) in [6, 6.07) is 10.6. The minimum atomic E-state index is 0.623. The van der Waals surface area contributed by atoms with Gasteiger partial charge in [-0.25, -0.2) is 4.98 Å². The summed E-state index contributed by atoms with van der Waals surface area (Å²) in [5, 5.41) is 0. The fourth-order valence-corrected chi connectivity index (χ4v) is 3.45. The maximum Gasteiger partial charge on any atom is 0.126 e. The molecule has 0 bridgehead atoms. The standard InChI is InChI=1S/C18H25N3/c1-2-21-17(19)16(13-12-14-8-4-3-5-9-14)20-18(21)15-10-6-7-11-15/h3-5,8-9,15H,2,6-7,10-13,19H2,1H3. The quantitative estimate of drug-likeness (QED) is 0.903. The molecule has 1 aromatic carbocycles. The van der Waals surface area contributed by atoms with Gasteiger partial charge in [0.2, 0.25) is 0 Å². The zero-order chi connectivity index (χ0) is 14.7. The number of hydrogen-bond acceptors (Lipinski definition) is 2. The van der Waals surface area contributed by atoms with Crippen molar-refractivity contribution in [2.45, 2.75) is 57.9 Å². The van der Waals surface area contributed by atoms with Crippen molar-refractivity contribution in [1.29, 1.82) is 0 Å². The largest absolute Gasteiger partial charge is 0.384 e. The molecular weight excluding hydrogens is 258 g/mol. The normalized spacial score (nSPS) is 15.7. The summed E-state index contributed by atoms with van der Waals surface area (Å²) in [4.78, 5) is 4.92. The van der Waals surface area contributed by atoms with Gasteiger partial charge in [-0.3, -0.25) is 0 Å². The Bertz CT molecular complexity index is 580. The van der Waals surface area contributed by atoms with Crippen LogP contribution < -0.4 is 5.73 Å². The third kappa shape index (κ3) is 2.97. The van der Waals surface area contributed by atoms with E-state index in [9.17, 15) is 0 Å². The zero-order valence-corrected chi connectivity index (χ0v) is 12.9. The van der Waals surface area contributed by atoms with Gasteiger partial charge >= 0.3 is 0 Å². The lowest BCUT2D eigenvalue weighted by atomic mass is 10.1. The lowest BCUT2D eigenvalue weighted by molar-refractivity contribution is 0.603. The van der Waals surface area contributed by atoms with Gasteiger partial charge in [-0.2, -0.15) is 0 Å².